The van der Waals surface area contributed by atoms with Crippen molar-refractivity contribution in [3.8, 4) is 0 Å². The second kappa shape index (κ2) is 3.01. The molecule has 1 fully saturated rings. The molecule has 0 aromatic heterocycles. The van der Waals surface area contributed by atoms with Gasteiger partial charge in [-0.15, -0.1) is 0 Å². The molecule has 0 aromatic carbocycles. The fourth-order valence-electron chi connectivity index (χ4n) is 1.46. The highest BCUT2D eigenvalue weighted by atomic mass is 16.6. The van der Waals surface area contributed by atoms with Crippen LogP contribution in [0.3, 0.4) is 0 Å². The molecule has 0 saturated carbocycles. The van der Waals surface area contributed by atoms with Crippen molar-refractivity contribution in [3.63, 3.8) is 0 Å². The molecule has 0 N–H and O–H groups in total. The van der Waals surface area contributed by atoms with Crippen molar-refractivity contribution in [2.45, 2.75) is 39.4 Å². The molecule has 1 heterocycles. The lowest BCUT2D eigenvalue weighted by atomic mass is 9.89. The van der Waals surface area contributed by atoms with Gasteiger partial charge in [0.2, 0.25) is 0 Å². The third kappa shape index (κ3) is 1.53. The van der Waals surface area contributed by atoms with Gasteiger partial charge in [-0.3, -0.25) is 9.59 Å². The summed E-state index contributed by atoms with van der Waals surface area (Å²) in [6, 6.07) is 0. The van der Waals surface area contributed by atoms with E-state index in [1.165, 1.54) is 6.92 Å². The predicted octanol–water partition coefficient (Wildman–Crippen LogP) is 0.890. The van der Waals surface area contributed by atoms with Crippen LogP contribution < -0.4 is 0 Å². The molecular formula is C9H14O4. The van der Waals surface area contributed by atoms with Crippen molar-refractivity contribution >= 4 is 11.9 Å². The minimum absolute atomic E-state index is 0.309. The molecule has 74 valence electrons. The molecule has 3 atom stereocenters. The van der Waals surface area contributed by atoms with Crippen LogP contribution in [0.25, 0.3) is 0 Å². The van der Waals surface area contributed by atoms with Crippen molar-refractivity contribution < 1.29 is 19.1 Å². The number of cyclic esters (lactones) is 1. The Morgan fingerprint density at radius 3 is 2.38 bits per heavy atom. The highest BCUT2D eigenvalue weighted by molar-refractivity contribution is 5.77. The van der Waals surface area contributed by atoms with E-state index in [4.69, 9.17) is 9.47 Å². The SMILES string of the molecule is CC(=O)O[C@]1(C)C(C)OC(=O)[C@H]1C. The summed E-state index contributed by atoms with van der Waals surface area (Å²) in [6.07, 6.45) is -0.376. The highest BCUT2D eigenvalue weighted by Gasteiger charge is 2.52. The monoisotopic (exact) mass is 186 g/mol. The average Bonchev–Trinajstić information content (AvgIpc) is 2.15. The van der Waals surface area contributed by atoms with Crippen LogP contribution >= 0.6 is 0 Å². The van der Waals surface area contributed by atoms with E-state index in [9.17, 15) is 9.59 Å². The Kier molecular flexibility index (Phi) is 2.32. The van der Waals surface area contributed by atoms with Crippen LogP contribution in [0.5, 0.6) is 0 Å². The highest BCUT2D eigenvalue weighted by Crippen LogP contribution is 2.35. The van der Waals surface area contributed by atoms with E-state index in [0.29, 0.717) is 0 Å². The molecule has 4 nitrogen and oxygen atoms in total. The van der Waals surface area contributed by atoms with Gasteiger partial charge in [0.15, 0.2) is 5.60 Å². The van der Waals surface area contributed by atoms with Gasteiger partial charge in [0, 0.05) is 6.92 Å². The first-order valence-corrected chi connectivity index (χ1v) is 4.28. The molecule has 0 aromatic rings. The number of rotatable bonds is 1. The van der Waals surface area contributed by atoms with Gasteiger partial charge in [0.25, 0.3) is 0 Å². The molecule has 0 bridgehead atoms. The van der Waals surface area contributed by atoms with Gasteiger partial charge in [-0.1, -0.05) is 0 Å². The fourth-order valence-corrected chi connectivity index (χ4v) is 1.46. The third-order valence-electron chi connectivity index (χ3n) is 2.68. The minimum atomic E-state index is -0.817. The number of hydrogen-bond acceptors (Lipinski definition) is 4. The van der Waals surface area contributed by atoms with Gasteiger partial charge in [-0.2, -0.15) is 0 Å². The van der Waals surface area contributed by atoms with E-state index in [1.807, 2.05) is 0 Å². The van der Waals surface area contributed by atoms with E-state index < -0.39 is 11.5 Å². The lowest BCUT2D eigenvalue weighted by Crippen LogP contribution is -2.42. The summed E-state index contributed by atoms with van der Waals surface area (Å²) in [7, 11) is 0. The topological polar surface area (TPSA) is 52.6 Å². The molecule has 0 radical (unpaired) electrons. The summed E-state index contributed by atoms with van der Waals surface area (Å²) in [5, 5.41) is 0. The third-order valence-corrected chi connectivity index (χ3v) is 2.68. The van der Waals surface area contributed by atoms with E-state index in [1.54, 1.807) is 20.8 Å². The Morgan fingerprint density at radius 1 is 1.54 bits per heavy atom. The van der Waals surface area contributed by atoms with E-state index in [2.05, 4.69) is 0 Å². The van der Waals surface area contributed by atoms with Crippen LogP contribution in [0.1, 0.15) is 27.7 Å². The van der Waals surface area contributed by atoms with E-state index in [0.717, 1.165) is 0 Å². The molecule has 0 amide bonds. The molecule has 4 heteroatoms. The van der Waals surface area contributed by atoms with Crippen molar-refractivity contribution in [1.29, 1.82) is 0 Å². The number of ether oxygens (including phenoxy) is 2. The van der Waals surface area contributed by atoms with Gasteiger partial charge in [0.05, 0.1) is 5.92 Å². The van der Waals surface area contributed by atoms with E-state index >= 15 is 0 Å². The molecule has 1 rings (SSSR count). The lowest BCUT2D eigenvalue weighted by Gasteiger charge is -2.28. The first kappa shape index (κ1) is 10.0. The smallest absolute Gasteiger partial charge is 0.313 e. The van der Waals surface area contributed by atoms with Gasteiger partial charge >= 0.3 is 11.9 Å². The maximum absolute atomic E-state index is 11.2. The van der Waals surface area contributed by atoms with Crippen LogP contribution in [0.4, 0.5) is 0 Å². The molecule has 1 aliphatic rings. The van der Waals surface area contributed by atoms with E-state index in [-0.39, 0.29) is 18.0 Å². The van der Waals surface area contributed by atoms with Crippen LogP contribution in [0.2, 0.25) is 0 Å². The first-order valence-electron chi connectivity index (χ1n) is 4.28. The van der Waals surface area contributed by atoms with Crippen molar-refractivity contribution in [3.05, 3.63) is 0 Å². The van der Waals surface area contributed by atoms with Crippen molar-refractivity contribution in [2.75, 3.05) is 0 Å². The maximum atomic E-state index is 11.2. The Morgan fingerprint density at radius 2 is 2.08 bits per heavy atom. The Bertz CT molecular complexity index is 248. The van der Waals surface area contributed by atoms with Gasteiger partial charge < -0.3 is 9.47 Å². The molecule has 13 heavy (non-hydrogen) atoms. The van der Waals surface area contributed by atoms with Crippen molar-refractivity contribution in [2.24, 2.45) is 5.92 Å². The van der Waals surface area contributed by atoms with Crippen molar-refractivity contribution in [1.82, 2.24) is 0 Å². The predicted molar refractivity (Wildman–Crippen MR) is 44.9 cm³/mol. The molecule has 0 aliphatic carbocycles. The summed E-state index contributed by atoms with van der Waals surface area (Å²) < 4.78 is 10.1. The number of carbonyl (C=O) groups excluding carboxylic acids is 2. The Hall–Kier alpha value is -1.06. The van der Waals surface area contributed by atoms with Crippen LogP contribution in [0.15, 0.2) is 0 Å². The lowest BCUT2D eigenvalue weighted by molar-refractivity contribution is -0.163. The van der Waals surface area contributed by atoms with Gasteiger partial charge in [-0.25, -0.2) is 0 Å². The van der Waals surface area contributed by atoms with Crippen LogP contribution in [-0.4, -0.2) is 23.6 Å². The zero-order valence-electron chi connectivity index (χ0n) is 8.29. The van der Waals surface area contributed by atoms with Gasteiger partial charge in [0.1, 0.15) is 6.10 Å². The summed E-state index contributed by atoms with van der Waals surface area (Å²) >= 11 is 0. The molecule has 1 unspecified atom stereocenters. The largest absolute Gasteiger partial charge is 0.458 e. The molecule has 1 aliphatic heterocycles. The summed E-state index contributed by atoms with van der Waals surface area (Å²) in [6.45, 7) is 6.47. The quantitative estimate of drug-likeness (QED) is 0.571. The van der Waals surface area contributed by atoms with Crippen LogP contribution in [-0.2, 0) is 19.1 Å². The maximum Gasteiger partial charge on any atom is 0.313 e. The van der Waals surface area contributed by atoms with Gasteiger partial charge in [-0.05, 0) is 20.8 Å². The summed E-state index contributed by atoms with van der Waals surface area (Å²) in [4.78, 5) is 22.0. The fraction of sp³-hybridized carbons (Fsp3) is 0.778. The normalized spacial score (nSPS) is 38.6. The Balaban J connectivity index is 2.87. The summed E-state index contributed by atoms with van der Waals surface area (Å²) in [5.74, 6) is -1.10. The average molecular weight is 186 g/mol. The number of hydrogen-bond donors (Lipinski definition) is 0. The molecule has 1 saturated heterocycles. The standard InChI is InChI=1S/C9H14O4/c1-5-8(11)12-6(2)9(5,4)13-7(3)10/h5-6H,1-4H3/t5-,6?,9+/m1/s1. The minimum Gasteiger partial charge on any atom is -0.458 e. The summed E-state index contributed by atoms with van der Waals surface area (Å²) in [5.41, 5.74) is -0.817. The first-order chi connectivity index (χ1) is 5.88. The molecular weight excluding hydrogens is 172 g/mol. The zero-order valence-corrected chi connectivity index (χ0v) is 8.29. The molecule has 0 spiro atoms. The second-order valence-corrected chi connectivity index (χ2v) is 3.58. The number of esters is 2. The Labute approximate surface area is 77.2 Å². The van der Waals surface area contributed by atoms with Crippen LogP contribution in [0, 0.1) is 5.92 Å². The zero-order chi connectivity index (χ0) is 10.2. The second-order valence-electron chi connectivity index (χ2n) is 3.58. The number of carbonyl (C=O) groups is 2.